The monoisotopic (exact) mass is 165 g/mol. The summed E-state index contributed by atoms with van der Waals surface area (Å²) in [5, 5.41) is 0. The van der Waals surface area contributed by atoms with Crippen LogP contribution in [0.25, 0.3) is 0 Å². The van der Waals surface area contributed by atoms with Crippen molar-refractivity contribution in [3.8, 4) is 0 Å². The van der Waals surface area contributed by atoms with Gasteiger partial charge in [-0.25, -0.2) is 4.98 Å². The maximum absolute atomic E-state index is 4.42. The minimum Gasteiger partial charge on any atom is -0.363 e. The number of nitrogens with zero attached hydrogens (tertiary/aromatic N) is 3. The van der Waals surface area contributed by atoms with Crippen LogP contribution >= 0.6 is 0 Å². The van der Waals surface area contributed by atoms with E-state index in [1.165, 1.54) is 0 Å². The maximum Gasteiger partial charge on any atom is 0.130 e. The molecule has 0 bridgehead atoms. The van der Waals surface area contributed by atoms with Crippen molar-refractivity contribution in [2.24, 2.45) is 0 Å². The summed E-state index contributed by atoms with van der Waals surface area (Å²) < 4.78 is 0. The molecule has 0 fully saturated rings. The Morgan fingerprint density at radius 3 is 1.67 bits per heavy atom. The smallest absolute Gasteiger partial charge is 0.130 e. The summed E-state index contributed by atoms with van der Waals surface area (Å²) >= 11 is 0. The average molecular weight is 165 g/mol. The first-order valence-electron chi connectivity index (χ1n) is 3.93. The Balaban J connectivity index is 2.96. The van der Waals surface area contributed by atoms with Gasteiger partial charge in [0.2, 0.25) is 0 Å². The quantitative estimate of drug-likeness (QED) is 0.656. The molecule has 0 aliphatic heterocycles. The average Bonchev–Trinajstić information content (AvgIpc) is 2.04. The second kappa shape index (κ2) is 3.43. The molecule has 0 saturated carbocycles. The number of anilines is 2. The summed E-state index contributed by atoms with van der Waals surface area (Å²) in [4.78, 5) is 8.41. The molecular weight excluding hydrogens is 150 g/mol. The number of aromatic nitrogens is 1. The Hall–Kier alpha value is -1.25. The lowest BCUT2D eigenvalue weighted by Gasteiger charge is -2.15. The molecule has 1 aromatic rings. The molecule has 0 saturated heterocycles. The molecule has 1 rings (SSSR count). The highest BCUT2D eigenvalue weighted by atomic mass is 15.2. The van der Waals surface area contributed by atoms with Crippen molar-refractivity contribution in [2.45, 2.75) is 0 Å². The first-order chi connectivity index (χ1) is 5.61. The molecule has 0 aromatic carbocycles. The third-order valence-electron chi connectivity index (χ3n) is 1.64. The molecule has 0 spiro atoms. The fraction of sp³-hybridized carbons (Fsp3) is 0.444. The molecule has 66 valence electrons. The van der Waals surface area contributed by atoms with Gasteiger partial charge in [0.25, 0.3) is 0 Å². The van der Waals surface area contributed by atoms with Crippen LogP contribution in [-0.4, -0.2) is 33.2 Å². The van der Waals surface area contributed by atoms with Gasteiger partial charge in [-0.1, -0.05) is 6.07 Å². The van der Waals surface area contributed by atoms with E-state index in [9.17, 15) is 0 Å². The van der Waals surface area contributed by atoms with Crippen LogP contribution in [0.1, 0.15) is 0 Å². The van der Waals surface area contributed by atoms with Crippen molar-refractivity contribution in [2.75, 3.05) is 38.0 Å². The summed E-state index contributed by atoms with van der Waals surface area (Å²) in [6.07, 6.45) is 0. The summed E-state index contributed by atoms with van der Waals surface area (Å²) in [5.74, 6) is 1.97. The zero-order valence-corrected chi connectivity index (χ0v) is 8.07. The molecule has 1 aromatic heterocycles. The number of rotatable bonds is 2. The van der Waals surface area contributed by atoms with E-state index in [2.05, 4.69) is 4.98 Å². The van der Waals surface area contributed by atoms with Gasteiger partial charge in [0.1, 0.15) is 11.6 Å². The largest absolute Gasteiger partial charge is 0.363 e. The molecule has 0 unspecified atom stereocenters. The predicted molar refractivity (Wildman–Crippen MR) is 52.9 cm³/mol. The molecule has 0 aliphatic carbocycles. The molecule has 3 nitrogen and oxygen atoms in total. The van der Waals surface area contributed by atoms with Crippen LogP contribution in [0.2, 0.25) is 0 Å². The Labute approximate surface area is 73.6 Å². The van der Waals surface area contributed by atoms with E-state index in [0.717, 1.165) is 11.6 Å². The van der Waals surface area contributed by atoms with Crippen molar-refractivity contribution in [1.82, 2.24) is 4.98 Å². The van der Waals surface area contributed by atoms with Crippen LogP contribution in [0, 0.1) is 0 Å². The molecule has 0 amide bonds. The van der Waals surface area contributed by atoms with E-state index in [4.69, 9.17) is 0 Å². The van der Waals surface area contributed by atoms with Crippen molar-refractivity contribution < 1.29 is 0 Å². The molecule has 12 heavy (non-hydrogen) atoms. The lowest BCUT2D eigenvalue weighted by molar-refractivity contribution is 1.02. The number of pyridine rings is 1. The first-order valence-corrected chi connectivity index (χ1v) is 3.93. The van der Waals surface area contributed by atoms with Gasteiger partial charge >= 0.3 is 0 Å². The topological polar surface area (TPSA) is 19.4 Å². The standard InChI is InChI=1S/C9H15N3/c1-11(2)8-6-5-7-9(10-8)12(3)4/h5-7H,1-4H3. The summed E-state index contributed by atoms with van der Waals surface area (Å²) in [6, 6.07) is 6.00. The Morgan fingerprint density at radius 2 is 1.33 bits per heavy atom. The zero-order chi connectivity index (χ0) is 9.14. The van der Waals surface area contributed by atoms with Gasteiger partial charge in [0.15, 0.2) is 0 Å². The van der Waals surface area contributed by atoms with Crippen LogP contribution < -0.4 is 9.80 Å². The summed E-state index contributed by atoms with van der Waals surface area (Å²) in [5.41, 5.74) is 0. The van der Waals surface area contributed by atoms with E-state index in [0.29, 0.717) is 0 Å². The van der Waals surface area contributed by atoms with Crippen LogP contribution in [-0.2, 0) is 0 Å². The SMILES string of the molecule is CN(C)c1cccc(N(C)C)n1. The van der Waals surface area contributed by atoms with Crippen molar-refractivity contribution >= 4 is 11.6 Å². The normalized spacial score (nSPS) is 9.67. The van der Waals surface area contributed by atoms with Crippen LogP contribution in [0.4, 0.5) is 11.6 Å². The number of hydrogen-bond acceptors (Lipinski definition) is 3. The fourth-order valence-corrected chi connectivity index (χ4v) is 0.910. The minimum absolute atomic E-state index is 0.987. The summed E-state index contributed by atoms with van der Waals surface area (Å²) in [7, 11) is 7.95. The van der Waals surface area contributed by atoms with Gasteiger partial charge in [-0.2, -0.15) is 0 Å². The molecule has 1 heterocycles. The molecule has 3 heteroatoms. The highest BCUT2D eigenvalue weighted by molar-refractivity contribution is 5.46. The lowest BCUT2D eigenvalue weighted by Crippen LogP contribution is -2.15. The van der Waals surface area contributed by atoms with Gasteiger partial charge < -0.3 is 9.80 Å². The van der Waals surface area contributed by atoms with Crippen LogP contribution in [0.5, 0.6) is 0 Å². The Bertz CT molecular complexity index is 232. The fourth-order valence-electron chi connectivity index (χ4n) is 0.910. The van der Waals surface area contributed by atoms with Gasteiger partial charge in [-0.3, -0.25) is 0 Å². The number of hydrogen-bond donors (Lipinski definition) is 0. The molecule has 0 N–H and O–H groups in total. The molecular formula is C9H15N3. The highest BCUT2D eigenvalue weighted by Gasteiger charge is 1.99. The van der Waals surface area contributed by atoms with E-state index in [1.54, 1.807) is 0 Å². The molecule has 0 atom stereocenters. The third-order valence-corrected chi connectivity index (χ3v) is 1.64. The van der Waals surface area contributed by atoms with Gasteiger partial charge in [-0.15, -0.1) is 0 Å². The highest BCUT2D eigenvalue weighted by Crippen LogP contribution is 2.12. The van der Waals surface area contributed by atoms with Crippen molar-refractivity contribution in [3.63, 3.8) is 0 Å². The lowest BCUT2D eigenvalue weighted by atomic mass is 10.4. The Kier molecular flexibility index (Phi) is 2.53. The molecule has 0 aliphatic rings. The predicted octanol–water partition coefficient (Wildman–Crippen LogP) is 1.21. The van der Waals surface area contributed by atoms with E-state index in [-0.39, 0.29) is 0 Å². The van der Waals surface area contributed by atoms with E-state index >= 15 is 0 Å². The van der Waals surface area contributed by atoms with Crippen molar-refractivity contribution in [1.29, 1.82) is 0 Å². The third kappa shape index (κ3) is 1.87. The maximum atomic E-state index is 4.42. The van der Waals surface area contributed by atoms with Gasteiger partial charge in [0.05, 0.1) is 0 Å². The van der Waals surface area contributed by atoms with Crippen molar-refractivity contribution in [3.05, 3.63) is 18.2 Å². The van der Waals surface area contributed by atoms with Gasteiger partial charge in [-0.05, 0) is 12.1 Å². The van der Waals surface area contributed by atoms with E-state index in [1.807, 2.05) is 56.2 Å². The Morgan fingerprint density at radius 1 is 0.917 bits per heavy atom. The second-order valence-electron chi connectivity index (χ2n) is 3.14. The van der Waals surface area contributed by atoms with Gasteiger partial charge in [0, 0.05) is 28.2 Å². The summed E-state index contributed by atoms with van der Waals surface area (Å²) in [6.45, 7) is 0. The zero-order valence-electron chi connectivity index (χ0n) is 8.07. The molecule has 0 radical (unpaired) electrons. The van der Waals surface area contributed by atoms with Crippen LogP contribution in [0.3, 0.4) is 0 Å². The van der Waals surface area contributed by atoms with E-state index < -0.39 is 0 Å². The second-order valence-corrected chi connectivity index (χ2v) is 3.14. The first kappa shape index (κ1) is 8.84. The minimum atomic E-state index is 0.987. The van der Waals surface area contributed by atoms with Crippen LogP contribution in [0.15, 0.2) is 18.2 Å².